The second-order valence-corrected chi connectivity index (χ2v) is 5.63. The first-order valence-electron chi connectivity index (χ1n) is 7.55. The topological polar surface area (TPSA) is 55.6 Å². The SMILES string of the molecule is CC(C(=O)OC1CCCCC1)N1CCC=CC1CN. The van der Waals surface area contributed by atoms with Crippen molar-refractivity contribution in [1.29, 1.82) is 0 Å². The maximum Gasteiger partial charge on any atom is 0.323 e. The van der Waals surface area contributed by atoms with E-state index >= 15 is 0 Å². The van der Waals surface area contributed by atoms with Gasteiger partial charge in [-0.05, 0) is 39.0 Å². The second kappa shape index (κ2) is 7.06. The monoisotopic (exact) mass is 266 g/mol. The van der Waals surface area contributed by atoms with Crippen molar-refractivity contribution in [3.05, 3.63) is 12.2 Å². The average molecular weight is 266 g/mol. The molecule has 0 spiro atoms. The Morgan fingerprint density at radius 1 is 1.42 bits per heavy atom. The zero-order valence-corrected chi connectivity index (χ0v) is 11.9. The van der Waals surface area contributed by atoms with E-state index in [4.69, 9.17) is 10.5 Å². The summed E-state index contributed by atoms with van der Waals surface area (Å²) in [4.78, 5) is 14.4. The van der Waals surface area contributed by atoms with Gasteiger partial charge in [-0.3, -0.25) is 9.69 Å². The van der Waals surface area contributed by atoms with Gasteiger partial charge in [0.15, 0.2) is 0 Å². The van der Waals surface area contributed by atoms with Crippen LogP contribution in [0.15, 0.2) is 12.2 Å². The third kappa shape index (κ3) is 3.80. The summed E-state index contributed by atoms with van der Waals surface area (Å²) < 4.78 is 5.65. The lowest BCUT2D eigenvalue weighted by atomic mass is 9.98. The van der Waals surface area contributed by atoms with Gasteiger partial charge >= 0.3 is 5.97 Å². The van der Waals surface area contributed by atoms with Crippen LogP contribution in [0.25, 0.3) is 0 Å². The predicted octanol–water partition coefficient (Wildman–Crippen LogP) is 1.84. The molecule has 2 unspecified atom stereocenters. The summed E-state index contributed by atoms with van der Waals surface area (Å²) in [6.07, 6.45) is 11.1. The maximum absolute atomic E-state index is 12.2. The van der Waals surface area contributed by atoms with E-state index in [1.165, 1.54) is 19.3 Å². The zero-order chi connectivity index (χ0) is 13.7. The molecule has 4 nitrogen and oxygen atoms in total. The predicted molar refractivity (Wildman–Crippen MR) is 75.7 cm³/mol. The fourth-order valence-corrected chi connectivity index (χ4v) is 3.03. The molecule has 0 bridgehead atoms. The third-order valence-corrected chi connectivity index (χ3v) is 4.25. The van der Waals surface area contributed by atoms with E-state index in [0.29, 0.717) is 6.54 Å². The summed E-state index contributed by atoms with van der Waals surface area (Å²) in [6.45, 7) is 3.38. The van der Waals surface area contributed by atoms with Crippen molar-refractivity contribution in [3.63, 3.8) is 0 Å². The fraction of sp³-hybridized carbons (Fsp3) is 0.800. The van der Waals surface area contributed by atoms with E-state index in [0.717, 1.165) is 25.8 Å². The van der Waals surface area contributed by atoms with Crippen LogP contribution in [0.2, 0.25) is 0 Å². The van der Waals surface area contributed by atoms with Crippen molar-refractivity contribution < 1.29 is 9.53 Å². The van der Waals surface area contributed by atoms with Gasteiger partial charge in [0.05, 0.1) is 0 Å². The van der Waals surface area contributed by atoms with Crippen LogP contribution in [0, 0.1) is 0 Å². The van der Waals surface area contributed by atoms with Crippen LogP contribution in [0.4, 0.5) is 0 Å². The summed E-state index contributed by atoms with van der Waals surface area (Å²) >= 11 is 0. The molecular weight excluding hydrogens is 240 g/mol. The lowest BCUT2D eigenvalue weighted by molar-refractivity contribution is -0.157. The van der Waals surface area contributed by atoms with Crippen molar-refractivity contribution in [2.45, 2.75) is 63.6 Å². The Balaban J connectivity index is 1.88. The Bertz CT molecular complexity index is 324. The highest BCUT2D eigenvalue weighted by Crippen LogP contribution is 2.22. The molecule has 1 aliphatic carbocycles. The van der Waals surface area contributed by atoms with E-state index in [1.54, 1.807) is 0 Å². The van der Waals surface area contributed by atoms with Crippen LogP contribution >= 0.6 is 0 Å². The molecule has 1 heterocycles. The Morgan fingerprint density at radius 3 is 2.84 bits per heavy atom. The molecule has 2 rings (SSSR count). The third-order valence-electron chi connectivity index (χ3n) is 4.25. The number of esters is 1. The zero-order valence-electron chi connectivity index (χ0n) is 11.9. The van der Waals surface area contributed by atoms with E-state index in [2.05, 4.69) is 17.1 Å². The molecule has 0 saturated heterocycles. The van der Waals surface area contributed by atoms with Crippen molar-refractivity contribution in [2.24, 2.45) is 5.73 Å². The van der Waals surface area contributed by atoms with Crippen LogP contribution in [0.3, 0.4) is 0 Å². The summed E-state index contributed by atoms with van der Waals surface area (Å²) in [6, 6.07) is -0.0249. The number of ether oxygens (including phenoxy) is 1. The van der Waals surface area contributed by atoms with Gasteiger partial charge in [-0.1, -0.05) is 18.6 Å². The second-order valence-electron chi connectivity index (χ2n) is 5.63. The lowest BCUT2D eigenvalue weighted by Crippen LogP contribution is -2.50. The molecule has 1 saturated carbocycles. The molecule has 2 atom stereocenters. The molecule has 108 valence electrons. The summed E-state index contributed by atoms with van der Waals surface area (Å²) in [5, 5.41) is 0. The van der Waals surface area contributed by atoms with Gasteiger partial charge in [0.2, 0.25) is 0 Å². The Labute approximate surface area is 116 Å². The smallest absolute Gasteiger partial charge is 0.323 e. The molecule has 4 heteroatoms. The number of carbonyl (C=O) groups excluding carboxylic acids is 1. The first-order valence-corrected chi connectivity index (χ1v) is 7.55. The van der Waals surface area contributed by atoms with E-state index in [-0.39, 0.29) is 24.2 Å². The molecule has 0 aromatic carbocycles. The quantitative estimate of drug-likeness (QED) is 0.623. The largest absolute Gasteiger partial charge is 0.461 e. The number of carbonyl (C=O) groups is 1. The minimum Gasteiger partial charge on any atom is -0.461 e. The van der Waals surface area contributed by atoms with Crippen LogP contribution in [-0.2, 0) is 9.53 Å². The molecule has 0 radical (unpaired) electrons. The van der Waals surface area contributed by atoms with Gasteiger partial charge < -0.3 is 10.5 Å². The Morgan fingerprint density at radius 2 is 2.16 bits per heavy atom. The summed E-state index contributed by atoms with van der Waals surface area (Å²) in [7, 11) is 0. The molecule has 0 aromatic heterocycles. The molecule has 1 aliphatic heterocycles. The van der Waals surface area contributed by atoms with Crippen LogP contribution in [0.1, 0.15) is 45.4 Å². The highest BCUT2D eigenvalue weighted by atomic mass is 16.5. The van der Waals surface area contributed by atoms with Gasteiger partial charge in [0.25, 0.3) is 0 Å². The van der Waals surface area contributed by atoms with E-state index < -0.39 is 0 Å². The molecule has 0 amide bonds. The first-order chi connectivity index (χ1) is 9.22. The number of nitrogens with zero attached hydrogens (tertiary/aromatic N) is 1. The molecule has 2 N–H and O–H groups in total. The van der Waals surface area contributed by atoms with Crippen molar-refractivity contribution in [3.8, 4) is 0 Å². The minimum atomic E-state index is -0.194. The molecule has 2 aliphatic rings. The highest BCUT2D eigenvalue weighted by molar-refractivity contribution is 5.75. The fourth-order valence-electron chi connectivity index (χ4n) is 3.03. The number of nitrogens with two attached hydrogens (primary N) is 1. The van der Waals surface area contributed by atoms with Gasteiger partial charge in [0.1, 0.15) is 12.1 Å². The Kier molecular flexibility index (Phi) is 5.40. The standard InChI is InChI=1S/C15H26N2O2/c1-12(17-10-6-5-7-13(17)11-16)15(18)19-14-8-3-2-4-9-14/h5,7,12-14H,2-4,6,8-11,16H2,1H3. The number of rotatable bonds is 4. The van der Waals surface area contributed by atoms with Crippen LogP contribution in [0.5, 0.6) is 0 Å². The molecular formula is C15H26N2O2. The van der Waals surface area contributed by atoms with Crippen LogP contribution < -0.4 is 5.73 Å². The molecule has 19 heavy (non-hydrogen) atoms. The molecule has 1 fully saturated rings. The normalized spacial score (nSPS) is 27.2. The lowest BCUT2D eigenvalue weighted by Gasteiger charge is -2.36. The van der Waals surface area contributed by atoms with Gasteiger partial charge in [-0.25, -0.2) is 0 Å². The Hall–Kier alpha value is -0.870. The number of hydrogen-bond acceptors (Lipinski definition) is 4. The van der Waals surface area contributed by atoms with Gasteiger partial charge in [-0.2, -0.15) is 0 Å². The van der Waals surface area contributed by atoms with Gasteiger partial charge in [0, 0.05) is 19.1 Å². The van der Waals surface area contributed by atoms with E-state index in [1.807, 2.05) is 6.92 Å². The van der Waals surface area contributed by atoms with Gasteiger partial charge in [-0.15, -0.1) is 0 Å². The highest BCUT2D eigenvalue weighted by Gasteiger charge is 2.30. The van der Waals surface area contributed by atoms with Crippen molar-refractivity contribution in [2.75, 3.05) is 13.1 Å². The molecule has 0 aromatic rings. The summed E-state index contributed by atoms with van der Waals surface area (Å²) in [5.74, 6) is -0.0827. The minimum absolute atomic E-state index is 0.0827. The van der Waals surface area contributed by atoms with Crippen molar-refractivity contribution >= 4 is 5.97 Å². The number of hydrogen-bond donors (Lipinski definition) is 1. The van der Waals surface area contributed by atoms with E-state index in [9.17, 15) is 4.79 Å². The van der Waals surface area contributed by atoms with Crippen molar-refractivity contribution in [1.82, 2.24) is 4.90 Å². The first kappa shape index (κ1) is 14.5. The average Bonchev–Trinajstić information content (AvgIpc) is 2.47. The maximum atomic E-state index is 12.2. The summed E-state index contributed by atoms with van der Waals surface area (Å²) in [5.41, 5.74) is 5.77. The van der Waals surface area contributed by atoms with Crippen LogP contribution in [-0.4, -0.2) is 42.1 Å².